The van der Waals surface area contributed by atoms with Crippen LogP contribution in [0.2, 0.25) is 0 Å². The van der Waals surface area contributed by atoms with Crippen LogP contribution in [-0.4, -0.2) is 22.7 Å². The zero-order valence-electron chi connectivity index (χ0n) is 9.92. The monoisotopic (exact) mass is 260 g/mol. The summed E-state index contributed by atoms with van der Waals surface area (Å²) in [7, 11) is 0. The fraction of sp³-hybridized carbons (Fsp3) is 0.0833. The van der Waals surface area contributed by atoms with Gasteiger partial charge in [0.2, 0.25) is 0 Å². The molecule has 1 aromatic carbocycles. The zero-order valence-corrected chi connectivity index (χ0v) is 9.92. The van der Waals surface area contributed by atoms with Gasteiger partial charge in [0.15, 0.2) is 12.4 Å². The summed E-state index contributed by atoms with van der Waals surface area (Å²) in [5, 5.41) is 8.32. The van der Waals surface area contributed by atoms with E-state index in [1.54, 1.807) is 24.3 Å². The van der Waals surface area contributed by atoms with E-state index in [0.717, 1.165) is 0 Å². The van der Waals surface area contributed by atoms with Crippen molar-refractivity contribution in [3.63, 3.8) is 0 Å². The minimum absolute atomic E-state index is 0.199. The Kier molecular flexibility index (Phi) is 3.77. The molecule has 0 saturated carbocycles. The van der Waals surface area contributed by atoms with Crippen molar-refractivity contribution in [2.75, 3.05) is 17.7 Å². The second kappa shape index (κ2) is 5.67. The molecule has 0 aliphatic rings. The van der Waals surface area contributed by atoms with E-state index in [-0.39, 0.29) is 18.0 Å². The summed E-state index contributed by atoms with van der Waals surface area (Å²) >= 11 is 0. The highest BCUT2D eigenvalue weighted by Gasteiger charge is 2.06. The predicted octanol–water partition coefficient (Wildman–Crippen LogP) is 0.370. The summed E-state index contributed by atoms with van der Waals surface area (Å²) in [5.74, 6) is 0.282. The molecule has 0 spiro atoms. The SMILES string of the molecule is Nc1ccccc1OCC(=O)Nc1ccc(=O)[nH]n1. The lowest BCUT2D eigenvalue weighted by Crippen LogP contribution is -2.22. The van der Waals surface area contributed by atoms with Crippen LogP contribution in [0, 0.1) is 0 Å². The van der Waals surface area contributed by atoms with E-state index in [1.807, 2.05) is 0 Å². The van der Waals surface area contributed by atoms with E-state index in [1.165, 1.54) is 12.1 Å². The number of nitrogens with zero attached hydrogens (tertiary/aromatic N) is 1. The number of nitrogens with two attached hydrogens (primary N) is 1. The van der Waals surface area contributed by atoms with Gasteiger partial charge in [0.05, 0.1) is 5.69 Å². The van der Waals surface area contributed by atoms with Gasteiger partial charge in [-0.3, -0.25) is 9.59 Å². The summed E-state index contributed by atoms with van der Waals surface area (Å²) in [6.45, 7) is -0.199. The lowest BCUT2D eigenvalue weighted by Gasteiger charge is -2.08. The first-order valence-electron chi connectivity index (χ1n) is 5.48. The third-order valence-electron chi connectivity index (χ3n) is 2.22. The molecule has 4 N–H and O–H groups in total. The predicted molar refractivity (Wildman–Crippen MR) is 69.8 cm³/mol. The van der Waals surface area contributed by atoms with E-state index in [9.17, 15) is 9.59 Å². The van der Waals surface area contributed by atoms with Crippen molar-refractivity contribution in [3.05, 3.63) is 46.8 Å². The molecule has 0 saturated heterocycles. The normalized spacial score (nSPS) is 9.89. The minimum atomic E-state index is -0.400. The van der Waals surface area contributed by atoms with Crippen molar-refractivity contribution < 1.29 is 9.53 Å². The van der Waals surface area contributed by atoms with Gasteiger partial charge >= 0.3 is 0 Å². The van der Waals surface area contributed by atoms with Crippen LogP contribution in [0.3, 0.4) is 0 Å². The van der Waals surface area contributed by atoms with E-state index in [4.69, 9.17) is 10.5 Å². The van der Waals surface area contributed by atoms with Gasteiger partial charge in [0, 0.05) is 6.07 Å². The molecule has 0 atom stereocenters. The van der Waals surface area contributed by atoms with Crippen LogP contribution >= 0.6 is 0 Å². The van der Waals surface area contributed by atoms with Gasteiger partial charge in [-0.1, -0.05) is 12.1 Å². The van der Waals surface area contributed by atoms with E-state index >= 15 is 0 Å². The zero-order chi connectivity index (χ0) is 13.7. The van der Waals surface area contributed by atoms with Crippen LogP contribution in [0.25, 0.3) is 0 Å². The molecule has 1 aromatic heterocycles. The van der Waals surface area contributed by atoms with Crippen LogP contribution < -0.4 is 21.3 Å². The van der Waals surface area contributed by atoms with Gasteiger partial charge < -0.3 is 15.8 Å². The first-order valence-corrected chi connectivity index (χ1v) is 5.48. The van der Waals surface area contributed by atoms with Crippen molar-refractivity contribution in [2.45, 2.75) is 0 Å². The Morgan fingerprint density at radius 2 is 2.11 bits per heavy atom. The molecule has 98 valence electrons. The van der Waals surface area contributed by atoms with Gasteiger partial charge in [-0.15, -0.1) is 0 Å². The third-order valence-corrected chi connectivity index (χ3v) is 2.22. The lowest BCUT2D eigenvalue weighted by atomic mass is 10.3. The average Bonchev–Trinajstić information content (AvgIpc) is 2.40. The minimum Gasteiger partial charge on any atom is -0.482 e. The molecule has 2 aromatic rings. The number of hydrogen-bond donors (Lipinski definition) is 3. The number of carbonyl (C=O) groups is 1. The molecule has 0 fully saturated rings. The van der Waals surface area contributed by atoms with Crippen molar-refractivity contribution in [1.29, 1.82) is 0 Å². The Bertz CT molecular complexity index is 618. The summed E-state index contributed by atoms with van der Waals surface area (Å²) in [6.07, 6.45) is 0. The number of para-hydroxylation sites is 2. The molecule has 0 aliphatic heterocycles. The van der Waals surface area contributed by atoms with Crippen molar-refractivity contribution >= 4 is 17.4 Å². The molecule has 19 heavy (non-hydrogen) atoms. The third kappa shape index (κ3) is 3.56. The summed E-state index contributed by atoms with van der Waals surface area (Å²) in [6, 6.07) is 9.53. The van der Waals surface area contributed by atoms with Gasteiger partial charge in [-0.25, -0.2) is 5.10 Å². The number of nitrogen functional groups attached to an aromatic ring is 1. The van der Waals surface area contributed by atoms with E-state index in [2.05, 4.69) is 15.5 Å². The fourth-order valence-corrected chi connectivity index (χ4v) is 1.35. The average molecular weight is 260 g/mol. The van der Waals surface area contributed by atoms with Gasteiger partial charge in [-0.05, 0) is 18.2 Å². The maximum Gasteiger partial charge on any atom is 0.264 e. The maximum atomic E-state index is 11.6. The number of benzene rings is 1. The molecule has 0 aliphatic carbocycles. The Morgan fingerprint density at radius 1 is 1.32 bits per heavy atom. The number of amides is 1. The number of rotatable bonds is 4. The molecule has 0 unspecified atom stereocenters. The molecule has 2 rings (SSSR count). The lowest BCUT2D eigenvalue weighted by molar-refractivity contribution is -0.118. The standard InChI is InChI=1S/C12H12N4O3/c13-8-3-1-2-4-9(8)19-7-12(18)14-10-5-6-11(17)16-15-10/h1-6H,7,13H2,(H,16,17)(H,14,15,18). The molecule has 1 heterocycles. The van der Waals surface area contributed by atoms with Crippen LogP contribution in [0.5, 0.6) is 5.75 Å². The second-order valence-electron chi connectivity index (χ2n) is 3.68. The molecular formula is C12H12N4O3. The molecule has 7 nitrogen and oxygen atoms in total. The summed E-state index contributed by atoms with van der Waals surface area (Å²) in [4.78, 5) is 22.4. The molecular weight excluding hydrogens is 248 g/mol. The smallest absolute Gasteiger partial charge is 0.264 e. The number of hydrogen-bond acceptors (Lipinski definition) is 5. The van der Waals surface area contributed by atoms with Crippen molar-refractivity contribution in [1.82, 2.24) is 10.2 Å². The topological polar surface area (TPSA) is 110 Å². The Morgan fingerprint density at radius 3 is 2.79 bits per heavy atom. The van der Waals surface area contributed by atoms with Crippen LogP contribution in [0.1, 0.15) is 0 Å². The van der Waals surface area contributed by atoms with Crippen LogP contribution in [0.4, 0.5) is 11.5 Å². The number of aromatic nitrogens is 2. The molecule has 0 radical (unpaired) electrons. The number of H-pyrrole nitrogens is 1. The fourth-order valence-electron chi connectivity index (χ4n) is 1.35. The van der Waals surface area contributed by atoms with E-state index in [0.29, 0.717) is 11.4 Å². The highest BCUT2D eigenvalue weighted by atomic mass is 16.5. The highest BCUT2D eigenvalue weighted by molar-refractivity contribution is 5.90. The van der Waals surface area contributed by atoms with E-state index < -0.39 is 5.91 Å². The number of carbonyl (C=O) groups excluding carboxylic acids is 1. The van der Waals surface area contributed by atoms with Gasteiger partial charge in [-0.2, -0.15) is 5.10 Å². The molecule has 0 bridgehead atoms. The summed E-state index contributed by atoms with van der Waals surface area (Å²) < 4.78 is 5.26. The Labute approximate surface area is 108 Å². The number of ether oxygens (including phenoxy) is 1. The number of aromatic amines is 1. The first-order chi connectivity index (χ1) is 9.15. The maximum absolute atomic E-state index is 11.6. The first kappa shape index (κ1) is 12.6. The van der Waals surface area contributed by atoms with Gasteiger partial charge in [0.1, 0.15) is 5.75 Å². The molecule has 1 amide bonds. The number of nitrogens with one attached hydrogen (secondary N) is 2. The summed E-state index contributed by atoms with van der Waals surface area (Å²) in [5.41, 5.74) is 5.78. The quantitative estimate of drug-likeness (QED) is 0.688. The van der Waals surface area contributed by atoms with Crippen molar-refractivity contribution in [3.8, 4) is 5.75 Å². The molecule has 7 heteroatoms. The van der Waals surface area contributed by atoms with Crippen LogP contribution in [-0.2, 0) is 4.79 Å². The second-order valence-corrected chi connectivity index (χ2v) is 3.68. The van der Waals surface area contributed by atoms with Crippen LogP contribution in [0.15, 0.2) is 41.2 Å². The van der Waals surface area contributed by atoms with Gasteiger partial charge in [0.25, 0.3) is 11.5 Å². The number of anilines is 2. The highest BCUT2D eigenvalue weighted by Crippen LogP contribution is 2.19. The Hall–Kier alpha value is -2.83. The Balaban J connectivity index is 1.90. The van der Waals surface area contributed by atoms with Crippen molar-refractivity contribution in [2.24, 2.45) is 0 Å². The largest absolute Gasteiger partial charge is 0.482 e.